The van der Waals surface area contributed by atoms with Crippen LogP contribution in [0.4, 0.5) is 0 Å². The average molecular weight is 334 g/mol. The fraction of sp³-hybridized carbons (Fsp3) is 0.700. The Morgan fingerprint density at radius 1 is 1.17 bits per heavy atom. The predicted molar refractivity (Wildman–Crippen MR) is 93.3 cm³/mol. The van der Waals surface area contributed by atoms with Gasteiger partial charge in [-0.15, -0.1) is 0 Å². The van der Waals surface area contributed by atoms with Gasteiger partial charge in [0.2, 0.25) is 5.78 Å². The molecule has 0 bridgehead atoms. The molecule has 0 fully saturated rings. The maximum atomic E-state index is 13.4. The van der Waals surface area contributed by atoms with Gasteiger partial charge in [0, 0.05) is 5.57 Å². The van der Waals surface area contributed by atoms with E-state index in [0.29, 0.717) is 11.3 Å². The van der Waals surface area contributed by atoms with E-state index in [1.165, 1.54) is 0 Å². The Bertz CT molecular complexity index is 631. The molecule has 0 aromatic rings. The van der Waals surface area contributed by atoms with Crippen molar-refractivity contribution in [1.82, 2.24) is 0 Å². The summed E-state index contributed by atoms with van der Waals surface area (Å²) in [6.45, 7) is 13.5. The van der Waals surface area contributed by atoms with E-state index in [9.17, 15) is 9.59 Å². The first-order chi connectivity index (χ1) is 11.0. The number of methoxy groups -OCH3 is 1. The van der Waals surface area contributed by atoms with Crippen molar-refractivity contribution in [2.24, 2.45) is 17.3 Å². The lowest BCUT2D eigenvalue weighted by Crippen LogP contribution is -2.47. The molecular weight excluding hydrogens is 304 g/mol. The Labute approximate surface area is 145 Å². The Balaban J connectivity index is 2.66. The molecule has 0 heterocycles. The highest BCUT2D eigenvalue weighted by atomic mass is 16.5. The van der Waals surface area contributed by atoms with Crippen molar-refractivity contribution in [2.45, 2.75) is 66.9 Å². The van der Waals surface area contributed by atoms with Gasteiger partial charge in [-0.1, -0.05) is 20.8 Å². The Hall–Kier alpha value is -1.58. The van der Waals surface area contributed by atoms with Crippen LogP contribution in [0.3, 0.4) is 0 Å². The van der Waals surface area contributed by atoms with E-state index < -0.39 is 11.0 Å². The van der Waals surface area contributed by atoms with Gasteiger partial charge in [-0.2, -0.15) is 0 Å². The highest BCUT2D eigenvalue weighted by Gasteiger charge is 2.63. The molecule has 0 aromatic carbocycles. The van der Waals surface area contributed by atoms with Gasteiger partial charge < -0.3 is 9.47 Å². The summed E-state index contributed by atoms with van der Waals surface area (Å²) in [7, 11) is 1.57. The second-order valence-electron chi connectivity index (χ2n) is 8.29. The molecular formula is C20H30O4. The van der Waals surface area contributed by atoms with Crippen LogP contribution in [-0.2, 0) is 19.1 Å². The minimum atomic E-state index is -1.24. The molecule has 134 valence electrons. The molecule has 2 aliphatic rings. The highest BCUT2D eigenvalue weighted by molar-refractivity contribution is 6.28. The molecule has 1 unspecified atom stereocenters. The van der Waals surface area contributed by atoms with E-state index >= 15 is 0 Å². The van der Waals surface area contributed by atoms with E-state index in [1.54, 1.807) is 14.0 Å². The third-order valence-corrected chi connectivity index (χ3v) is 5.15. The quantitative estimate of drug-likeness (QED) is 0.726. The van der Waals surface area contributed by atoms with Gasteiger partial charge in [0.15, 0.2) is 17.0 Å². The van der Waals surface area contributed by atoms with E-state index in [0.717, 1.165) is 18.4 Å². The number of ether oxygens (including phenoxy) is 2. The van der Waals surface area contributed by atoms with Crippen LogP contribution in [0.5, 0.6) is 0 Å². The van der Waals surface area contributed by atoms with Gasteiger partial charge in [0.1, 0.15) is 11.4 Å². The Morgan fingerprint density at radius 2 is 1.75 bits per heavy atom. The number of hydrogen-bond acceptors (Lipinski definition) is 4. The second kappa shape index (κ2) is 6.05. The number of hydrogen-bond donors (Lipinski definition) is 0. The maximum Gasteiger partial charge on any atom is 0.219 e. The number of carbonyl (C=O) groups excluding carboxylic acids is 2. The van der Waals surface area contributed by atoms with Crippen LogP contribution in [-0.4, -0.2) is 24.3 Å². The van der Waals surface area contributed by atoms with Gasteiger partial charge in [-0.25, -0.2) is 0 Å². The first-order valence-electron chi connectivity index (χ1n) is 8.75. The van der Waals surface area contributed by atoms with Gasteiger partial charge in [0.25, 0.3) is 0 Å². The van der Waals surface area contributed by atoms with E-state index in [-0.39, 0.29) is 29.2 Å². The van der Waals surface area contributed by atoms with Crippen molar-refractivity contribution in [3.05, 3.63) is 22.7 Å². The lowest BCUT2D eigenvalue weighted by Gasteiger charge is -2.40. The van der Waals surface area contributed by atoms with Crippen LogP contribution in [0, 0.1) is 17.3 Å². The van der Waals surface area contributed by atoms with Crippen molar-refractivity contribution in [2.75, 3.05) is 7.11 Å². The lowest BCUT2D eigenvalue weighted by molar-refractivity contribution is -0.140. The largest absolute Gasteiger partial charge is 0.500 e. The summed E-state index contributed by atoms with van der Waals surface area (Å²) in [4.78, 5) is 26.7. The van der Waals surface area contributed by atoms with E-state index in [4.69, 9.17) is 9.47 Å². The molecule has 0 amide bonds. The molecule has 0 saturated heterocycles. The topological polar surface area (TPSA) is 52.6 Å². The van der Waals surface area contributed by atoms with Gasteiger partial charge in [0.05, 0.1) is 7.11 Å². The molecule has 0 radical (unpaired) electrons. The van der Waals surface area contributed by atoms with Crippen LogP contribution in [0.15, 0.2) is 22.7 Å². The smallest absolute Gasteiger partial charge is 0.219 e. The van der Waals surface area contributed by atoms with Crippen LogP contribution < -0.4 is 0 Å². The minimum absolute atomic E-state index is 0.106. The molecule has 0 saturated carbocycles. The highest BCUT2D eigenvalue weighted by Crippen LogP contribution is 2.54. The number of carbonyl (C=O) groups is 2. The Kier molecular flexibility index (Phi) is 4.73. The van der Waals surface area contributed by atoms with E-state index in [2.05, 4.69) is 13.8 Å². The van der Waals surface area contributed by atoms with Crippen molar-refractivity contribution in [3.8, 4) is 0 Å². The first-order valence-corrected chi connectivity index (χ1v) is 8.75. The molecule has 2 rings (SSSR count). The maximum absolute atomic E-state index is 13.4. The molecule has 4 heteroatoms. The molecule has 0 N–H and O–H groups in total. The number of ketones is 2. The van der Waals surface area contributed by atoms with Gasteiger partial charge in [-0.05, 0) is 57.9 Å². The zero-order valence-corrected chi connectivity index (χ0v) is 16.2. The zero-order valence-electron chi connectivity index (χ0n) is 16.2. The van der Waals surface area contributed by atoms with Crippen molar-refractivity contribution in [1.29, 1.82) is 0 Å². The third kappa shape index (κ3) is 2.60. The second-order valence-corrected chi connectivity index (χ2v) is 8.29. The molecule has 2 aliphatic carbocycles. The summed E-state index contributed by atoms with van der Waals surface area (Å²) < 4.78 is 11.6. The number of allylic oxidation sites excluding steroid dienone is 4. The van der Waals surface area contributed by atoms with Crippen LogP contribution in [0.1, 0.15) is 61.3 Å². The average Bonchev–Trinajstić information content (AvgIpc) is 2.64. The number of rotatable bonds is 3. The molecule has 1 spiro atoms. The monoisotopic (exact) mass is 334 g/mol. The lowest BCUT2D eigenvalue weighted by atomic mass is 9.63. The molecule has 2 atom stereocenters. The molecule has 0 aromatic heterocycles. The van der Waals surface area contributed by atoms with Crippen LogP contribution in [0.2, 0.25) is 0 Å². The summed E-state index contributed by atoms with van der Waals surface area (Å²) in [5.41, 5.74) is -0.283. The summed E-state index contributed by atoms with van der Waals surface area (Å²) in [5.74, 6) is 0.497. The summed E-state index contributed by atoms with van der Waals surface area (Å²) >= 11 is 0. The van der Waals surface area contributed by atoms with Crippen molar-refractivity contribution in [3.63, 3.8) is 0 Å². The molecule has 24 heavy (non-hydrogen) atoms. The Morgan fingerprint density at radius 3 is 2.21 bits per heavy atom. The fourth-order valence-corrected chi connectivity index (χ4v) is 3.96. The summed E-state index contributed by atoms with van der Waals surface area (Å²) in [5, 5.41) is 0. The third-order valence-electron chi connectivity index (χ3n) is 5.15. The standard InChI is InChI=1S/C20H30O4/c1-11(2)14-10-9-12(3)20(18(14)23-8)16(21)13(4)15(17(20)22)24-19(5,6)7/h11-12H,9-10H2,1-8H3/t12-,20?/m1/s1. The number of Topliss-reactive ketones (excluding diaryl/α,β-unsaturated/α-hetero) is 2. The van der Waals surface area contributed by atoms with Gasteiger partial charge >= 0.3 is 0 Å². The minimum Gasteiger partial charge on any atom is -0.500 e. The zero-order chi connectivity index (χ0) is 18.4. The predicted octanol–water partition coefficient (Wildman–Crippen LogP) is 4.20. The first kappa shape index (κ1) is 18.8. The molecule has 4 nitrogen and oxygen atoms in total. The van der Waals surface area contributed by atoms with Crippen molar-refractivity contribution >= 4 is 11.6 Å². The summed E-state index contributed by atoms with van der Waals surface area (Å²) in [6, 6.07) is 0. The van der Waals surface area contributed by atoms with E-state index in [1.807, 2.05) is 27.7 Å². The van der Waals surface area contributed by atoms with Crippen LogP contribution in [0.25, 0.3) is 0 Å². The van der Waals surface area contributed by atoms with Gasteiger partial charge in [-0.3, -0.25) is 9.59 Å². The van der Waals surface area contributed by atoms with Crippen molar-refractivity contribution < 1.29 is 19.1 Å². The summed E-state index contributed by atoms with van der Waals surface area (Å²) in [6.07, 6.45) is 1.66. The fourth-order valence-electron chi connectivity index (χ4n) is 3.96. The normalized spacial score (nSPS) is 28.5. The van der Waals surface area contributed by atoms with Crippen LogP contribution >= 0.6 is 0 Å². The SMILES string of the molecule is COC1=C(C(C)C)CC[C@@H](C)C12C(=O)C(C)=C(OC(C)(C)C)C2=O. The molecule has 0 aliphatic heterocycles.